The first-order chi connectivity index (χ1) is 14.7. The van der Waals surface area contributed by atoms with Crippen LogP contribution in [0.1, 0.15) is 6.92 Å². The number of thioether (sulfide) groups is 1. The number of amides is 3. The van der Waals surface area contributed by atoms with Crippen molar-refractivity contribution in [2.24, 2.45) is 0 Å². The zero-order valence-corrected chi connectivity index (χ0v) is 17.8. The van der Waals surface area contributed by atoms with Crippen molar-refractivity contribution < 1.29 is 9.59 Å². The molecule has 2 aromatic carbocycles. The highest BCUT2D eigenvalue weighted by molar-refractivity contribution is 7.99. The summed E-state index contributed by atoms with van der Waals surface area (Å²) in [6.45, 7) is 5.05. The van der Waals surface area contributed by atoms with Crippen molar-refractivity contribution in [3.63, 3.8) is 0 Å². The Morgan fingerprint density at radius 2 is 1.63 bits per heavy atom. The van der Waals surface area contributed by atoms with Crippen LogP contribution in [-0.2, 0) is 11.3 Å². The van der Waals surface area contributed by atoms with E-state index in [-0.39, 0.29) is 11.9 Å². The third kappa shape index (κ3) is 4.43. The molecule has 3 amide bonds. The van der Waals surface area contributed by atoms with Gasteiger partial charge in [0.25, 0.3) is 0 Å². The zero-order chi connectivity index (χ0) is 20.9. The number of anilines is 1. The van der Waals surface area contributed by atoms with Crippen LogP contribution in [0, 0.1) is 0 Å². The maximum atomic E-state index is 12.7. The van der Waals surface area contributed by atoms with E-state index < -0.39 is 0 Å². The Hall–Kier alpha value is -3.00. The van der Waals surface area contributed by atoms with Crippen molar-refractivity contribution in [2.75, 3.05) is 37.2 Å². The lowest BCUT2D eigenvalue weighted by molar-refractivity contribution is -0.129. The number of piperazine rings is 1. The maximum Gasteiger partial charge on any atom is 0.321 e. The molecule has 3 aromatic rings. The highest BCUT2D eigenvalue weighted by Crippen LogP contribution is 2.24. The van der Waals surface area contributed by atoms with Crippen LogP contribution in [0.25, 0.3) is 11.0 Å². The number of urea groups is 1. The van der Waals surface area contributed by atoms with Gasteiger partial charge in [-0.1, -0.05) is 42.1 Å². The number of nitrogens with one attached hydrogen (secondary N) is 1. The van der Waals surface area contributed by atoms with E-state index in [9.17, 15) is 9.59 Å². The summed E-state index contributed by atoms with van der Waals surface area (Å²) >= 11 is 1.48. The largest absolute Gasteiger partial charge is 0.338 e. The minimum atomic E-state index is -0.126. The Bertz CT molecular complexity index is 1030. The van der Waals surface area contributed by atoms with E-state index in [4.69, 9.17) is 0 Å². The summed E-state index contributed by atoms with van der Waals surface area (Å²) < 4.78 is 2.14. The Balaban J connectivity index is 1.29. The number of aromatic nitrogens is 2. The van der Waals surface area contributed by atoms with Gasteiger partial charge in [0.2, 0.25) is 5.91 Å². The van der Waals surface area contributed by atoms with Gasteiger partial charge in [0, 0.05) is 38.4 Å². The predicted octanol–water partition coefficient (Wildman–Crippen LogP) is 3.52. The summed E-state index contributed by atoms with van der Waals surface area (Å²) in [6.07, 6.45) is 0. The minimum Gasteiger partial charge on any atom is -0.338 e. The molecular weight excluding hydrogens is 398 g/mol. The molecule has 1 aromatic heterocycles. The fourth-order valence-electron chi connectivity index (χ4n) is 3.57. The number of fused-ring (bicyclic) bond motifs is 1. The highest BCUT2D eigenvalue weighted by atomic mass is 32.2. The van der Waals surface area contributed by atoms with Crippen LogP contribution in [0.2, 0.25) is 0 Å². The molecule has 0 bridgehead atoms. The van der Waals surface area contributed by atoms with Gasteiger partial charge in [0.1, 0.15) is 0 Å². The number of imidazole rings is 1. The molecule has 2 heterocycles. The minimum absolute atomic E-state index is 0.0813. The molecule has 1 saturated heterocycles. The maximum absolute atomic E-state index is 12.7. The van der Waals surface area contributed by atoms with Gasteiger partial charge in [-0.3, -0.25) is 4.79 Å². The first-order valence-electron chi connectivity index (χ1n) is 10.1. The van der Waals surface area contributed by atoms with Crippen LogP contribution in [-0.4, -0.2) is 63.2 Å². The molecular formula is C22H25N5O2S. The molecule has 30 heavy (non-hydrogen) atoms. The lowest BCUT2D eigenvalue weighted by atomic mass is 10.3. The number of nitrogens with zero attached hydrogens (tertiary/aromatic N) is 4. The topological polar surface area (TPSA) is 70.5 Å². The summed E-state index contributed by atoms with van der Waals surface area (Å²) in [7, 11) is 0. The van der Waals surface area contributed by atoms with Crippen LogP contribution in [0.5, 0.6) is 0 Å². The number of para-hydroxylation sites is 3. The first kappa shape index (κ1) is 20.3. The van der Waals surface area contributed by atoms with Crippen LogP contribution in [0.3, 0.4) is 0 Å². The average molecular weight is 424 g/mol. The molecule has 0 radical (unpaired) electrons. The van der Waals surface area contributed by atoms with Crippen LogP contribution in [0.15, 0.2) is 59.8 Å². The van der Waals surface area contributed by atoms with Crippen molar-refractivity contribution in [1.82, 2.24) is 19.4 Å². The summed E-state index contributed by atoms with van der Waals surface area (Å²) in [5.74, 6) is 0.428. The molecule has 156 valence electrons. The normalized spacial score (nSPS) is 14.2. The van der Waals surface area contributed by atoms with Gasteiger partial charge in [-0.15, -0.1) is 0 Å². The lowest BCUT2D eigenvalue weighted by Gasteiger charge is -2.34. The first-order valence-corrected chi connectivity index (χ1v) is 11.1. The quantitative estimate of drug-likeness (QED) is 0.638. The van der Waals surface area contributed by atoms with E-state index in [1.54, 1.807) is 4.90 Å². The van der Waals surface area contributed by atoms with Gasteiger partial charge >= 0.3 is 6.03 Å². The van der Waals surface area contributed by atoms with E-state index in [2.05, 4.69) is 27.9 Å². The van der Waals surface area contributed by atoms with Gasteiger partial charge in [0.15, 0.2) is 5.16 Å². The van der Waals surface area contributed by atoms with Crippen molar-refractivity contribution in [3.05, 3.63) is 54.6 Å². The SMILES string of the molecule is CCn1c(SCC(=O)N2CCN(C(=O)Nc3ccccc3)CC2)nc2ccccc21. The Kier molecular flexibility index (Phi) is 6.23. The number of hydrogen-bond donors (Lipinski definition) is 1. The van der Waals surface area contributed by atoms with E-state index in [0.29, 0.717) is 31.9 Å². The second-order valence-electron chi connectivity index (χ2n) is 7.08. The molecule has 0 atom stereocenters. The van der Waals surface area contributed by atoms with E-state index in [1.807, 2.05) is 53.4 Å². The second-order valence-corrected chi connectivity index (χ2v) is 8.02. The molecule has 0 saturated carbocycles. The molecule has 1 aliphatic heterocycles. The third-order valence-corrected chi connectivity index (χ3v) is 6.17. The number of benzene rings is 2. The fourth-order valence-corrected chi connectivity index (χ4v) is 4.55. The predicted molar refractivity (Wildman–Crippen MR) is 120 cm³/mol. The van der Waals surface area contributed by atoms with Crippen LogP contribution >= 0.6 is 11.8 Å². The monoisotopic (exact) mass is 423 g/mol. The van der Waals surface area contributed by atoms with Crippen LogP contribution < -0.4 is 5.32 Å². The van der Waals surface area contributed by atoms with Gasteiger partial charge in [-0.25, -0.2) is 9.78 Å². The summed E-state index contributed by atoms with van der Waals surface area (Å²) in [4.78, 5) is 33.4. The molecule has 7 nitrogen and oxygen atoms in total. The molecule has 8 heteroatoms. The summed E-state index contributed by atoms with van der Waals surface area (Å²) in [5, 5.41) is 3.76. The molecule has 0 unspecified atom stereocenters. The molecule has 0 spiro atoms. The zero-order valence-electron chi connectivity index (χ0n) is 17.0. The van der Waals surface area contributed by atoms with Gasteiger partial charge in [0.05, 0.1) is 16.8 Å². The number of aryl methyl sites for hydroxylation is 1. The lowest BCUT2D eigenvalue weighted by Crippen LogP contribution is -2.52. The summed E-state index contributed by atoms with van der Waals surface area (Å²) in [6, 6.07) is 17.3. The van der Waals surface area contributed by atoms with Crippen LogP contribution in [0.4, 0.5) is 10.5 Å². The van der Waals surface area contributed by atoms with E-state index in [1.165, 1.54) is 11.8 Å². The third-order valence-electron chi connectivity index (χ3n) is 5.21. The molecule has 4 rings (SSSR count). The van der Waals surface area contributed by atoms with Crippen molar-refractivity contribution >= 4 is 40.4 Å². The average Bonchev–Trinajstić information content (AvgIpc) is 3.15. The van der Waals surface area contributed by atoms with E-state index >= 15 is 0 Å². The Morgan fingerprint density at radius 3 is 2.37 bits per heavy atom. The number of carbonyl (C=O) groups excluding carboxylic acids is 2. The molecule has 1 N–H and O–H groups in total. The molecule has 1 fully saturated rings. The van der Waals surface area contributed by atoms with Crippen molar-refractivity contribution in [3.8, 4) is 0 Å². The number of rotatable bonds is 5. The number of carbonyl (C=O) groups is 2. The molecule has 1 aliphatic rings. The Morgan fingerprint density at radius 1 is 0.967 bits per heavy atom. The van der Waals surface area contributed by atoms with Crippen molar-refractivity contribution in [1.29, 1.82) is 0 Å². The van der Waals surface area contributed by atoms with Crippen molar-refractivity contribution in [2.45, 2.75) is 18.6 Å². The molecule has 0 aliphatic carbocycles. The highest BCUT2D eigenvalue weighted by Gasteiger charge is 2.24. The number of hydrogen-bond acceptors (Lipinski definition) is 4. The smallest absolute Gasteiger partial charge is 0.321 e. The standard InChI is InChI=1S/C22H25N5O2S/c1-2-27-19-11-7-6-10-18(19)24-22(27)30-16-20(28)25-12-14-26(15-13-25)21(29)23-17-8-4-3-5-9-17/h3-11H,2,12-16H2,1H3,(H,23,29). The van der Waals surface area contributed by atoms with Gasteiger partial charge in [-0.05, 0) is 31.2 Å². The second kappa shape index (κ2) is 9.21. The van der Waals surface area contributed by atoms with Gasteiger partial charge in [-0.2, -0.15) is 0 Å². The van der Waals surface area contributed by atoms with E-state index in [0.717, 1.165) is 28.4 Å². The summed E-state index contributed by atoms with van der Waals surface area (Å²) in [5.41, 5.74) is 2.82. The Labute approximate surface area is 180 Å². The fraction of sp³-hybridized carbons (Fsp3) is 0.318. The van der Waals surface area contributed by atoms with Gasteiger partial charge < -0.3 is 19.7 Å².